The number of aromatic amines is 2. The molecule has 0 unspecified atom stereocenters. The van der Waals surface area contributed by atoms with E-state index in [1.165, 1.54) is 19.3 Å². The Hall–Kier alpha value is -3.74. The topological polar surface area (TPSA) is 86.4 Å². The third-order valence-corrected chi connectivity index (χ3v) is 6.22. The maximum absolute atomic E-state index is 5.02. The SMILES string of the molecule is C/C=C\C=C(/c1nc(-c2n[nH]c3ccc(-c4cnccc4C)nc23)[nH]c1C)N1CCCCC1. The first-order chi connectivity index (χ1) is 16.2. The standard InChI is InChI=1S/C26H29N7/c1-4-5-9-22(33-14-7-6-8-15-33)23-18(3)28-26(30-23)25-24-21(31-32-25)11-10-20(29-24)19-16-27-13-12-17(19)2/h4-5,9-13,16H,6-8,14-15H2,1-3H3,(H,28,30)(H,31,32)/b5-4-,22-9+. The van der Waals surface area contributed by atoms with Crippen molar-refractivity contribution in [2.45, 2.75) is 40.0 Å². The second-order valence-corrected chi connectivity index (χ2v) is 8.54. The van der Waals surface area contributed by atoms with E-state index in [0.29, 0.717) is 0 Å². The summed E-state index contributed by atoms with van der Waals surface area (Å²) in [6.07, 6.45) is 13.7. The number of fused-ring (bicyclic) bond motifs is 1. The number of nitrogens with one attached hydrogen (secondary N) is 2. The molecular formula is C26H29N7. The van der Waals surface area contributed by atoms with Crippen LogP contribution in [0.3, 0.4) is 0 Å². The van der Waals surface area contributed by atoms with Crippen LogP contribution in [0.1, 0.15) is 43.1 Å². The second kappa shape index (κ2) is 9.02. The van der Waals surface area contributed by atoms with Crippen LogP contribution in [0.25, 0.3) is 39.5 Å². The number of rotatable bonds is 5. The Labute approximate surface area is 193 Å². The summed E-state index contributed by atoms with van der Waals surface area (Å²) in [5.41, 5.74) is 8.60. The molecule has 0 spiro atoms. The summed E-state index contributed by atoms with van der Waals surface area (Å²) in [4.78, 5) is 20.1. The molecule has 2 N–H and O–H groups in total. The maximum atomic E-state index is 5.02. The largest absolute Gasteiger partial charge is 0.370 e. The predicted molar refractivity (Wildman–Crippen MR) is 132 cm³/mol. The molecule has 7 nitrogen and oxygen atoms in total. The zero-order valence-electron chi connectivity index (χ0n) is 19.4. The molecule has 5 rings (SSSR count). The van der Waals surface area contributed by atoms with Crippen LogP contribution in [0, 0.1) is 13.8 Å². The number of hydrogen-bond acceptors (Lipinski definition) is 5. The molecule has 168 valence electrons. The number of aryl methyl sites for hydroxylation is 2. The summed E-state index contributed by atoms with van der Waals surface area (Å²) in [5, 5.41) is 7.68. The van der Waals surface area contributed by atoms with Crippen molar-refractivity contribution in [3.8, 4) is 22.8 Å². The van der Waals surface area contributed by atoms with Gasteiger partial charge in [-0.05, 0) is 69.9 Å². The predicted octanol–water partition coefficient (Wildman–Crippen LogP) is 5.43. The van der Waals surface area contributed by atoms with Crippen molar-refractivity contribution in [3.63, 3.8) is 0 Å². The van der Waals surface area contributed by atoms with Gasteiger partial charge in [0.1, 0.15) is 11.2 Å². The van der Waals surface area contributed by atoms with Gasteiger partial charge in [-0.25, -0.2) is 9.97 Å². The zero-order chi connectivity index (χ0) is 22.8. The highest BCUT2D eigenvalue weighted by molar-refractivity contribution is 5.89. The third kappa shape index (κ3) is 4.06. The van der Waals surface area contributed by atoms with Crippen molar-refractivity contribution >= 4 is 16.7 Å². The summed E-state index contributed by atoms with van der Waals surface area (Å²) in [7, 11) is 0. The lowest BCUT2D eigenvalue weighted by Crippen LogP contribution is -2.28. The van der Waals surface area contributed by atoms with Crippen LogP contribution in [0.5, 0.6) is 0 Å². The van der Waals surface area contributed by atoms with E-state index in [1.807, 2.05) is 31.3 Å². The van der Waals surface area contributed by atoms with Crippen LogP contribution in [0.2, 0.25) is 0 Å². The molecule has 0 aromatic carbocycles. The van der Waals surface area contributed by atoms with Gasteiger partial charge >= 0.3 is 0 Å². The fourth-order valence-electron chi connectivity index (χ4n) is 4.42. The second-order valence-electron chi connectivity index (χ2n) is 8.54. The monoisotopic (exact) mass is 439 g/mol. The molecule has 4 aromatic rings. The van der Waals surface area contributed by atoms with E-state index in [4.69, 9.17) is 9.97 Å². The van der Waals surface area contributed by atoms with Gasteiger partial charge in [-0.2, -0.15) is 5.10 Å². The summed E-state index contributed by atoms with van der Waals surface area (Å²) in [6.45, 7) is 8.31. The Kier molecular flexibility index (Phi) is 5.77. The van der Waals surface area contributed by atoms with Crippen molar-refractivity contribution in [1.29, 1.82) is 0 Å². The van der Waals surface area contributed by atoms with Crippen molar-refractivity contribution in [1.82, 2.24) is 35.0 Å². The molecule has 1 aliphatic rings. The van der Waals surface area contributed by atoms with Crippen molar-refractivity contribution in [2.75, 3.05) is 13.1 Å². The Morgan fingerprint density at radius 3 is 2.70 bits per heavy atom. The minimum absolute atomic E-state index is 0.727. The van der Waals surface area contributed by atoms with Gasteiger partial charge in [-0.15, -0.1) is 0 Å². The molecule has 1 saturated heterocycles. The van der Waals surface area contributed by atoms with Crippen molar-refractivity contribution in [2.24, 2.45) is 0 Å². The molecule has 0 bridgehead atoms. The number of pyridine rings is 2. The number of aromatic nitrogens is 6. The summed E-state index contributed by atoms with van der Waals surface area (Å²) in [5.74, 6) is 0.727. The Bertz CT molecular complexity index is 1340. The van der Waals surface area contributed by atoms with E-state index in [2.05, 4.69) is 57.1 Å². The van der Waals surface area contributed by atoms with Crippen molar-refractivity contribution < 1.29 is 0 Å². The van der Waals surface area contributed by atoms with Crippen LogP contribution in [-0.4, -0.2) is 48.1 Å². The summed E-state index contributed by atoms with van der Waals surface area (Å²) in [6, 6.07) is 6.02. The van der Waals surface area contributed by atoms with Gasteiger partial charge < -0.3 is 9.88 Å². The van der Waals surface area contributed by atoms with Gasteiger partial charge in [0.15, 0.2) is 11.5 Å². The van der Waals surface area contributed by atoms with Crippen LogP contribution in [0.15, 0.2) is 48.8 Å². The maximum Gasteiger partial charge on any atom is 0.161 e. The lowest BCUT2D eigenvalue weighted by Gasteiger charge is -2.30. The van der Waals surface area contributed by atoms with Gasteiger partial charge in [-0.1, -0.05) is 12.2 Å². The number of H-pyrrole nitrogens is 2. The van der Waals surface area contributed by atoms with E-state index in [1.54, 1.807) is 6.20 Å². The first kappa shape index (κ1) is 21.1. The average Bonchev–Trinajstić information content (AvgIpc) is 3.43. The molecule has 0 aliphatic carbocycles. The normalized spacial score (nSPS) is 15.1. The van der Waals surface area contributed by atoms with E-state index >= 15 is 0 Å². The molecule has 7 heteroatoms. The average molecular weight is 440 g/mol. The highest BCUT2D eigenvalue weighted by atomic mass is 15.2. The van der Waals surface area contributed by atoms with Gasteiger partial charge in [0.05, 0.1) is 16.9 Å². The molecule has 33 heavy (non-hydrogen) atoms. The molecule has 1 fully saturated rings. The number of hydrogen-bond donors (Lipinski definition) is 2. The fourth-order valence-corrected chi connectivity index (χ4v) is 4.42. The van der Waals surface area contributed by atoms with Gasteiger partial charge in [0, 0.05) is 36.7 Å². The smallest absolute Gasteiger partial charge is 0.161 e. The van der Waals surface area contributed by atoms with Crippen LogP contribution in [-0.2, 0) is 0 Å². The van der Waals surface area contributed by atoms with Crippen LogP contribution in [0.4, 0.5) is 0 Å². The van der Waals surface area contributed by atoms with Gasteiger partial charge in [0.25, 0.3) is 0 Å². The third-order valence-electron chi connectivity index (χ3n) is 6.22. The highest BCUT2D eigenvalue weighted by Gasteiger charge is 2.22. The van der Waals surface area contributed by atoms with Gasteiger partial charge in [0.2, 0.25) is 0 Å². The number of nitrogens with zero attached hydrogens (tertiary/aromatic N) is 5. The Morgan fingerprint density at radius 2 is 1.91 bits per heavy atom. The number of imidazole rings is 1. The van der Waals surface area contributed by atoms with Crippen molar-refractivity contribution in [3.05, 3.63) is 65.8 Å². The molecule has 0 amide bonds. The summed E-state index contributed by atoms with van der Waals surface area (Å²) < 4.78 is 0. The lowest BCUT2D eigenvalue weighted by atomic mass is 10.1. The number of piperidine rings is 1. The summed E-state index contributed by atoms with van der Waals surface area (Å²) >= 11 is 0. The minimum Gasteiger partial charge on any atom is -0.370 e. The number of allylic oxidation sites excluding steroid dienone is 3. The highest BCUT2D eigenvalue weighted by Crippen LogP contribution is 2.30. The fraction of sp³-hybridized carbons (Fsp3) is 0.308. The van der Waals surface area contributed by atoms with E-state index in [-0.39, 0.29) is 0 Å². The quantitative estimate of drug-likeness (QED) is 0.405. The van der Waals surface area contributed by atoms with Crippen LogP contribution < -0.4 is 0 Å². The first-order valence-corrected chi connectivity index (χ1v) is 11.6. The molecular weight excluding hydrogens is 410 g/mol. The van der Waals surface area contributed by atoms with Crippen LogP contribution >= 0.6 is 0 Å². The lowest BCUT2D eigenvalue weighted by molar-refractivity contribution is 0.325. The molecule has 0 saturated carbocycles. The molecule has 4 aromatic heterocycles. The molecule has 1 aliphatic heterocycles. The minimum atomic E-state index is 0.727. The van der Waals surface area contributed by atoms with E-state index < -0.39 is 0 Å². The van der Waals surface area contributed by atoms with Gasteiger partial charge in [-0.3, -0.25) is 10.1 Å². The molecule has 0 radical (unpaired) electrons. The first-order valence-electron chi connectivity index (χ1n) is 11.6. The molecule has 0 atom stereocenters. The Balaban J connectivity index is 1.58. The van der Waals surface area contributed by atoms with E-state index in [0.717, 1.165) is 69.5 Å². The Morgan fingerprint density at radius 1 is 1.06 bits per heavy atom. The van der Waals surface area contributed by atoms with E-state index in [9.17, 15) is 0 Å². The number of likely N-dealkylation sites (tertiary alicyclic amines) is 1. The molecule has 5 heterocycles. The zero-order valence-corrected chi connectivity index (χ0v) is 19.4.